The van der Waals surface area contributed by atoms with Crippen LogP contribution in [-0.4, -0.2) is 0 Å². The minimum atomic E-state index is 0. The number of rotatable bonds is 0. The van der Waals surface area contributed by atoms with Crippen LogP contribution in [0.5, 0.6) is 0 Å². The Morgan fingerprint density at radius 3 is 1.57 bits per heavy atom. The molecule has 0 rings (SSSR count). The minimum Gasteiger partial charge on any atom is -0.114 e. The van der Waals surface area contributed by atoms with Crippen molar-refractivity contribution in [3.63, 3.8) is 0 Å². The van der Waals surface area contributed by atoms with E-state index in [1.165, 1.54) is 0 Å². The molecule has 0 aromatic heterocycles. The summed E-state index contributed by atoms with van der Waals surface area (Å²) in [6.45, 7) is 5.25. The van der Waals surface area contributed by atoms with Gasteiger partial charge in [-0.1, -0.05) is 6.08 Å². The molecule has 0 aliphatic heterocycles. The highest BCUT2D eigenvalue weighted by atomic mass is 79.9. The van der Waals surface area contributed by atoms with Gasteiger partial charge in [-0.05, 0) is 6.92 Å². The lowest BCUT2D eigenvalue weighted by Crippen LogP contribution is -1.24. The van der Waals surface area contributed by atoms with E-state index in [1.807, 2.05) is 11.8 Å². The van der Waals surface area contributed by atoms with E-state index in [0.717, 1.165) is 0 Å². The first-order chi connectivity index (χ1) is 2.83. The summed E-state index contributed by atoms with van der Waals surface area (Å²) in [5.41, 5.74) is 11.0. The molecule has 0 fully saturated rings. The fourth-order valence-corrected chi connectivity index (χ4v) is 0. The van der Waals surface area contributed by atoms with Crippen LogP contribution in [0.25, 0.3) is 0 Å². The minimum absolute atomic E-state index is 0. The largest absolute Gasteiger partial charge is 0.211 e. The summed E-state index contributed by atoms with van der Waals surface area (Å²) in [6, 6.07) is 0. The molecule has 2 N–H and O–H groups in total. The number of nitrogens with zero attached hydrogens (tertiary/aromatic N) is 1. The molecular weight excluding hydrogens is 158 g/mol. The van der Waals surface area contributed by atoms with Gasteiger partial charge in [0.15, 0.2) is 0 Å². The van der Waals surface area contributed by atoms with E-state index < -0.39 is 0 Å². The molecule has 0 atom stereocenters. The van der Waals surface area contributed by atoms with Crippen LogP contribution in [0.1, 0.15) is 6.92 Å². The van der Waals surface area contributed by atoms with E-state index in [4.69, 9.17) is 11.1 Å². The lowest BCUT2D eigenvalue weighted by Gasteiger charge is -1.31. The van der Waals surface area contributed by atoms with E-state index in [-0.39, 0.29) is 17.0 Å². The van der Waals surface area contributed by atoms with Crippen LogP contribution in [0, 0.1) is 11.1 Å². The molecule has 0 saturated carbocycles. The van der Waals surface area contributed by atoms with Gasteiger partial charge in [-0.3, -0.25) is 0 Å². The average molecular weight is 167 g/mol. The maximum Gasteiger partial charge on any atom is 0.211 e. The van der Waals surface area contributed by atoms with Gasteiger partial charge in [-0.2, -0.15) is 0 Å². The van der Waals surface area contributed by atoms with Crippen molar-refractivity contribution in [3.8, 4) is 0 Å². The zero-order valence-corrected chi connectivity index (χ0v) is 5.85. The van der Waals surface area contributed by atoms with E-state index in [9.17, 15) is 0 Å². The summed E-state index contributed by atoms with van der Waals surface area (Å²) in [6.07, 6.45) is 1.75. The van der Waals surface area contributed by atoms with Crippen LogP contribution in [0.3, 0.4) is 0 Å². The maximum absolute atomic E-state index is 5.50. The molecule has 7 heavy (non-hydrogen) atoms. The highest BCUT2D eigenvalue weighted by Gasteiger charge is 1.16. The molecule has 0 unspecified atom stereocenters. The van der Waals surface area contributed by atoms with Crippen molar-refractivity contribution in [1.82, 2.24) is 4.91 Å². The molecule has 0 aromatic rings. The number of nitrogens with one attached hydrogen (secondary N) is 2. The number of hydrogen-bond acceptors (Lipinski definition) is 2. The Bertz CT molecular complexity index is 55.2. The van der Waals surface area contributed by atoms with Gasteiger partial charge in [0.2, 0.25) is 4.91 Å². The quantitative estimate of drug-likeness (QED) is 0.314. The van der Waals surface area contributed by atoms with Gasteiger partial charge in [0.1, 0.15) is 11.1 Å². The molecule has 0 radical (unpaired) electrons. The lowest BCUT2D eigenvalue weighted by atomic mass is 10.8. The Hall–Kier alpha value is -0.470. The zero-order chi connectivity index (χ0) is 5.41. The number of hydrogen-bond donors (Lipinski definition) is 2. The summed E-state index contributed by atoms with van der Waals surface area (Å²) in [5, 5.41) is 0. The second-order valence-electron chi connectivity index (χ2n) is 0.520. The second kappa shape index (κ2) is 48.5. The molecule has 0 aliphatic carbocycles. The summed E-state index contributed by atoms with van der Waals surface area (Å²) in [7, 11) is 0. The molecule has 42 valence electrons. The van der Waals surface area contributed by atoms with Gasteiger partial charge >= 0.3 is 0 Å². The van der Waals surface area contributed by atoms with Crippen LogP contribution in [0.4, 0.5) is 0 Å². The van der Waals surface area contributed by atoms with Crippen LogP contribution >= 0.6 is 17.0 Å². The van der Waals surface area contributed by atoms with Crippen molar-refractivity contribution in [1.29, 1.82) is 11.1 Å². The van der Waals surface area contributed by atoms with Crippen LogP contribution in [0.15, 0.2) is 12.7 Å². The fourth-order valence-electron chi connectivity index (χ4n) is 0. The second-order valence-corrected chi connectivity index (χ2v) is 0.520. The molecule has 4 heteroatoms. The summed E-state index contributed by atoms with van der Waals surface area (Å²) < 4.78 is 0. The van der Waals surface area contributed by atoms with Gasteiger partial charge in [0.25, 0.3) is 0 Å². The standard InChI is InChI=1S/C3H6.BrH.H2N3/c1-3-2;;1-3-2/h3H,1H2,2H3;1H;1-2H/q;;+1. The molecule has 0 bridgehead atoms. The van der Waals surface area contributed by atoms with Crippen molar-refractivity contribution in [2.45, 2.75) is 6.92 Å². The Morgan fingerprint density at radius 1 is 1.57 bits per heavy atom. The third kappa shape index (κ3) is 312. The summed E-state index contributed by atoms with van der Waals surface area (Å²) in [4.78, 5) is 2.00. The Kier molecular flexibility index (Phi) is 111. The van der Waals surface area contributed by atoms with Crippen LogP contribution < -0.4 is 4.91 Å². The first-order valence-corrected chi connectivity index (χ1v) is 1.43. The van der Waals surface area contributed by atoms with E-state index in [0.29, 0.717) is 0 Å². The third-order valence-corrected chi connectivity index (χ3v) is 0. The molecule has 0 spiro atoms. The highest BCUT2D eigenvalue weighted by Crippen LogP contribution is 1.38. The predicted octanol–water partition coefficient (Wildman–Crippen LogP) is 1.89. The first-order valence-electron chi connectivity index (χ1n) is 1.43. The van der Waals surface area contributed by atoms with Crippen molar-refractivity contribution in [2.75, 3.05) is 0 Å². The molecule has 0 amide bonds. The summed E-state index contributed by atoms with van der Waals surface area (Å²) >= 11 is 0. The van der Waals surface area contributed by atoms with Gasteiger partial charge < -0.3 is 0 Å². The molecule has 3 nitrogen and oxygen atoms in total. The van der Waals surface area contributed by atoms with Crippen LogP contribution in [-0.2, 0) is 0 Å². The van der Waals surface area contributed by atoms with Crippen molar-refractivity contribution in [2.24, 2.45) is 0 Å². The van der Waals surface area contributed by atoms with Crippen molar-refractivity contribution < 1.29 is 0 Å². The SMILES string of the molecule is Br.C=CC.N=[N+]=N. The molecule has 0 heterocycles. The van der Waals surface area contributed by atoms with Gasteiger partial charge in [-0.25, -0.2) is 0 Å². The van der Waals surface area contributed by atoms with Crippen LogP contribution in [0.2, 0.25) is 0 Å². The number of allylic oxidation sites excluding steroid dienone is 1. The van der Waals surface area contributed by atoms with E-state index >= 15 is 0 Å². The fraction of sp³-hybridized carbons (Fsp3) is 0.333. The normalized spacial score (nSPS) is 3.00. The third-order valence-electron chi connectivity index (χ3n) is 0. The van der Waals surface area contributed by atoms with Gasteiger partial charge in [0.05, 0.1) is 0 Å². The van der Waals surface area contributed by atoms with Gasteiger partial charge in [0, 0.05) is 0 Å². The molecule has 0 saturated heterocycles. The Labute approximate surface area is 53.2 Å². The number of halogens is 1. The highest BCUT2D eigenvalue weighted by molar-refractivity contribution is 8.93. The topological polar surface area (TPSA) is 61.8 Å². The smallest absolute Gasteiger partial charge is 0.114 e. The first kappa shape index (κ1) is 16.0. The molecule has 0 aromatic carbocycles. The molecular formula is C3H9BrN3+. The monoisotopic (exact) mass is 166 g/mol. The van der Waals surface area contributed by atoms with E-state index in [2.05, 4.69) is 6.58 Å². The van der Waals surface area contributed by atoms with E-state index in [1.54, 1.807) is 6.08 Å². The average Bonchev–Trinajstić information content (AvgIpc) is 1.39. The van der Waals surface area contributed by atoms with Crippen molar-refractivity contribution >= 4 is 17.0 Å². The summed E-state index contributed by atoms with van der Waals surface area (Å²) in [5.74, 6) is 0. The maximum atomic E-state index is 5.50. The Morgan fingerprint density at radius 2 is 1.57 bits per heavy atom. The predicted molar refractivity (Wildman–Crippen MR) is 33.8 cm³/mol. The zero-order valence-electron chi connectivity index (χ0n) is 4.14. The lowest BCUT2D eigenvalue weighted by molar-refractivity contribution is 0.928. The van der Waals surface area contributed by atoms with Crippen molar-refractivity contribution in [3.05, 3.63) is 12.7 Å². The molecule has 0 aliphatic rings. The Balaban J connectivity index is -0.0000000400. The van der Waals surface area contributed by atoms with Gasteiger partial charge in [-0.15, -0.1) is 23.6 Å².